The first-order chi connectivity index (χ1) is 23.6. The standard InChI is InChI=1S/C45H81NO3/c1-9-10-15-29-47-33-38(46(7)8)34-48-30-16-13-11-12-14-17-31-49-39-25-27-44(5)37(32-39)21-22-40-42-24-23-41(36(4)20-18-19-35(2)3)45(42,6)28-26-43(40)44/h10,15,21,35-36,38-43H,9,11-14,16-20,22-34H2,1-8H3/b15-10-/t36-,38?,39+,40?,41-,42?,43?,44+,45-/m1/s1. The van der Waals surface area contributed by atoms with Crippen LogP contribution < -0.4 is 0 Å². The summed E-state index contributed by atoms with van der Waals surface area (Å²) in [6.45, 7) is 18.9. The average Bonchev–Trinajstić information content (AvgIpc) is 3.43. The van der Waals surface area contributed by atoms with Gasteiger partial charge in [-0.2, -0.15) is 0 Å². The van der Waals surface area contributed by atoms with E-state index in [1.807, 2.05) is 0 Å². The lowest BCUT2D eigenvalue weighted by Crippen LogP contribution is -2.51. The zero-order valence-corrected chi connectivity index (χ0v) is 33.8. The fourth-order valence-electron chi connectivity index (χ4n) is 11.1. The number of likely N-dealkylation sites (N-methyl/N-ethyl adjacent to an activating group) is 1. The molecule has 0 saturated heterocycles. The van der Waals surface area contributed by atoms with Crippen LogP contribution in [0.1, 0.15) is 157 Å². The van der Waals surface area contributed by atoms with E-state index < -0.39 is 0 Å². The maximum absolute atomic E-state index is 6.56. The minimum Gasteiger partial charge on any atom is -0.380 e. The van der Waals surface area contributed by atoms with Gasteiger partial charge in [-0.25, -0.2) is 0 Å². The summed E-state index contributed by atoms with van der Waals surface area (Å²) in [7, 11) is 4.23. The first-order valence-electron chi connectivity index (χ1n) is 21.4. The molecule has 4 rings (SSSR count). The second kappa shape index (κ2) is 20.5. The molecular weight excluding hydrogens is 602 g/mol. The van der Waals surface area contributed by atoms with Crippen molar-refractivity contribution in [2.24, 2.45) is 46.3 Å². The van der Waals surface area contributed by atoms with Crippen molar-refractivity contribution < 1.29 is 14.2 Å². The van der Waals surface area contributed by atoms with Crippen molar-refractivity contribution in [1.82, 2.24) is 4.90 Å². The van der Waals surface area contributed by atoms with Gasteiger partial charge in [-0.3, -0.25) is 0 Å². The summed E-state index contributed by atoms with van der Waals surface area (Å²) in [5, 5.41) is 0. The maximum atomic E-state index is 6.56. The minimum absolute atomic E-state index is 0.320. The van der Waals surface area contributed by atoms with Gasteiger partial charge in [0.05, 0.1) is 32.0 Å². The van der Waals surface area contributed by atoms with E-state index in [4.69, 9.17) is 14.2 Å². The van der Waals surface area contributed by atoms with Crippen LogP contribution in [-0.4, -0.2) is 64.2 Å². The van der Waals surface area contributed by atoms with Crippen LogP contribution in [0.4, 0.5) is 0 Å². The molecular formula is C45H81NO3. The number of ether oxygens (including phenoxy) is 3. The van der Waals surface area contributed by atoms with Crippen LogP contribution in [0.15, 0.2) is 23.8 Å². The molecule has 0 bridgehead atoms. The Morgan fingerprint density at radius 1 is 0.816 bits per heavy atom. The summed E-state index contributed by atoms with van der Waals surface area (Å²) < 4.78 is 18.4. The van der Waals surface area contributed by atoms with Gasteiger partial charge in [0.1, 0.15) is 0 Å². The molecule has 0 aliphatic heterocycles. The van der Waals surface area contributed by atoms with Crippen LogP contribution in [0.2, 0.25) is 0 Å². The summed E-state index contributed by atoms with van der Waals surface area (Å²) in [5.41, 5.74) is 2.80. The molecule has 0 heterocycles. The predicted molar refractivity (Wildman–Crippen MR) is 209 cm³/mol. The van der Waals surface area contributed by atoms with E-state index in [1.54, 1.807) is 5.57 Å². The highest BCUT2D eigenvalue weighted by atomic mass is 16.5. The number of rotatable bonds is 23. The second-order valence-electron chi connectivity index (χ2n) is 18.3. The van der Waals surface area contributed by atoms with Gasteiger partial charge in [-0.05, 0) is 131 Å². The SMILES string of the molecule is CC/C=C\COCC(COCCCCCCCCO[C@H]1CC[C@@]2(C)C(=CCC3C2CC[C@@]2(C)C3CC[C@@H]2[C@H](C)CCCC(C)C)C1)N(C)C. The minimum atomic E-state index is 0.320. The highest BCUT2D eigenvalue weighted by Gasteiger charge is 2.59. The van der Waals surface area contributed by atoms with Gasteiger partial charge >= 0.3 is 0 Å². The van der Waals surface area contributed by atoms with Crippen LogP contribution in [-0.2, 0) is 14.2 Å². The van der Waals surface area contributed by atoms with Gasteiger partial charge in [0, 0.05) is 13.2 Å². The van der Waals surface area contributed by atoms with Crippen molar-refractivity contribution in [1.29, 1.82) is 0 Å². The largest absolute Gasteiger partial charge is 0.380 e. The molecule has 0 aromatic carbocycles. The van der Waals surface area contributed by atoms with Crippen LogP contribution >= 0.6 is 0 Å². The lowest BCUT2D eigenvalue weighted by molar-refractivity contribution is -0.0641. The van der Waals surface area contributed by atoms with Crippen LogP contribution in [0, 0.1) is 46.3 Å². The molecule has 4 aliphatic carbocycles. The second-order valence-corrected chi connectivity index (χ2v) is 18.3. The Morgan fingerprint density at radius 3 is 2.29 bits per heavy atom. The molecule has 3 saturated carbocycles. The normalized spacial score (nSPS) is 32.7. The Labute approximate surface area is 304 Å². The first-order valence-corrected chi connectivity index (χ1v) is 21.4. The van der Waals surface area contributed by atoms with E-state index in [1.165, 1.54) is 103 Å². The first kappa shape index (κ1) is 41.1. The summed E-state index contributed by atoms with van der Waals surface area (Å²) in [6.07, 6.45) is 31.5. The van der Waals surface area contributed by atoms with Gasteiger partial charge in [0.2, 0.25) is 0 Å². The number of nitrogens with zero attached hydrogens (tertiary/aromatic N) is 1. The van der Waals surface area contributed by atoms with Crippen molar-refractivity contribution in [3.05, 3.63) is 23.8 Å². The summed E-state index contributed by atoms with van der Waals surface area (Å²) in [5.74, 6) is 5.50. The topological polar surface area (TPSA) is 30.9 Å². The number of hydrogen-bond donors (Lipinski definition) is 0. The van der Waals surface area contributed by atoms with Gasteiger partial charge in [0.25, 0.3) is 0 Å². The van der Waals surface area contributed by atoms with Gasteiger partial charge in [-0.15, -0.1) is 0 Å². The number of unbranched alkanes of at least 4 members (excludes halogenated alkanes) is 5. The zero-order chi connectivity index (χ0) is 35.3. The molecule has 0 radical (unpaired) electrons. The van der Waals surface area contributed by atoms with E-state index in [2.05, 4.69) is 78.8 Å². The van der Waals surface area contributed by atoms with Crippen molar-refractivity contribution in [3.8, 4) is 0 Å². The monoisotopic (exact) mass is 684 g/mol. The summed E-state index contributed by atoms with van der Waals surface area (Å²) >= 11 is 0. The van der Waals surface area contributed by atoms with E-state index >= 15 is 0 Å². The summed E-state index contributed by atoms with van der Waals surface area (Å²) in [4.78, 5) is 2.21. The van der Waals surface area contributed by atoms with Crippen molar-refractivity contribution in [3.63, 3.8) is 0 Å². The van der Waals surface area contributed by atoms with E-state index in [0.29, 0.717) is 29.6 Å². The third-order valence-corrected chi connectivity index (χ3v) is 14.3. The molecule has 4 unspecified atom stereocenters. The van der Waals surface area contributed by atoms with E-state index in [-0.39, 0.29) is 0 Å². The number of allylic oxidation sites excluding steroid dienone is 2. The van der Waals surface area contributed by atoms with E-state index in [9.17, 15) is 0 Å². The molecule has 0 spiro atoms. The Morgan fingerprint density at radius 2 is 1.55 bits per heavy atom. The molecule has 49 heavy (non-hydrogen) atoms. The average molecular weight is 684 g/mol. The zero-order valence-electron chi connectivity index (χ0n) is 33.8. The fraction of sp³-hybridized carbons (Fsp3) is 0.911. The summed E-state index contributed by atoms with van der Waals surface area (Å²) in [6, 6.07) is 0.320. The van der Waals surface area contributed by atoms with Crippen molar-refractivity contribution >= 4 is 0 Å². The molecule has 0 N–H and O–H groups in total. The molecule has 4 heteroatoms. The Bertz CT molecular complexity index is 990. The number of hydrogen-bond acceptors (Lipinski definition) is 4. The van der Waals surface area contributed by atoms with Crippen molar-refractivity contribution in [2.45, 2.75) is 169 Å². The van der Waals surface area contributed by atoms with Crippen LogP contribution in [0.25, 0.3) is 0 Å². The Balaban J connectivity index is 1.08. The van der Waals surface area contributed by atoms with Crippen LogP contribution in [0.3, 0.4) is 0 Å². The highest BCUT2D eigenvalue weighted by molar-refractivity contribution is 5.25. The molecule has 3 fully saturated rings. The Hall–Kier alpha value is -0.680. The van der Waals surface area contributed by atoms with E-state index in [0.717, 1.165) is 74.8 Å². The smallest absolute Gasteiger partial charge is 0.0648 e. The third kappa shape index (κ3) is 11.4. The molecule has 0 aromatic heterocycles. The predicted octanol–water partition coefficient (Wildman–Crippen LogP) is 11.7. The quantitative estimate of drug-likeness (QED) is 0.0792. The molecule has 0 amide bonds. The fourth-order valence-corrected chi connectivity index (χ4v) is 11.1. The highest BCUT2D eigenvalue weighted by Crippen LogP contribution is 2.67. The lowest BCUT2D eigenvalue weighted by Gasteiger charge is -2.58. The van der Waals surface area contributed by atoms with Gasteiger partial charge < -0.3 is 19.1 Å². The lowest BCUT2D eigenvalue weighted by atomic mass is 9.47. The van der Waals surface area contributed by atoms with Crippen LogP contribution in [0.5, 0.6) is 0 Å². The maximum Gasteiger partial charge on any atom is 0.0648 e. The molecule has 284 valence electrons. The van der Waals surface area contributed by atoms with Gasteiger partial charge in [0.15, 0.2) is 0 Å². The third-order valence-electron chi connectivity index (χ3n) is 14.3. The molecule has 0 aromatic rings. The number of fused-ring (bicyclic) bond motifs is 5. The molecule has 9 atom stereocenters. The molecule has 4 nitrogen and oxygen atoms in total. The van der Waals surface area contributed by atoms with Gasteiger partial charge in [-0.1, -0.05) is 110 Å². The van der Waals surface area contributed by atoms with Crippen molar-refractivity contribution in [2.75, 3.05) is 47.1 Å². The molecule has 4 aliphatic rings. The Kier molecular flexibility index (Phi) is 17.2.